The van der Waals surface area contributed by atoms with Crippen LogP contribution >= 0.6 is 0 Å². The maximum Gasteiger partial charge on any atom is 0.158 e. The minimum atomic E-state index is -0.259. The summed E-state index contributed by atoms with van der Waals surface area (Å²) in [5, 5.41) is 8.76. The highest BCUT2D eigenvalue weighted by Crippen LogP contribution is 2.38. The molecule has 3 aromatic heterocycles. The van der Waals surface area contributed by atoms with Crippen molar-refractivity contribution in [2.45, 2.75) is 32.6 Å². The Morgan fingerprint density at radius 3 is 2.56 bits per heavy atom. The van der Waals surface area contributed by atoms with Gasteiger partial charge in [0.1, 0.15) is 17.3 Å². The molecular formula is C27H29FN6. The van der Waals surface area contributed by atoms with Crippen LogP contribution in [0.2, 0.25) is 0 Å². The Hall–Kier alpha value is -3.32. The molecule has 174 valence electrons. The zero-order chi connectivity index (χ0) is 23.1. The van der Waals surface area contributed by atoms with Crippen LogP contribution in [0.25, 0.3) is 28.2 Å². The minimum absolute atomic E-state index is 0.259. The Kier molecular flexibility index (Phi) is 5.29. The molecule has 1 aromatic carbocycles. The van der Waals surface area contributed by atoms with Crippen LogP contribution in [0.1, 0.15) is 31.2 Å². The van der Waals surface area contributed by atoms with Gasteiger partial charge in [0.2, 0.25) is 0 Å². The van der Waals surface area contributed by atoms with E-state index in [0.717, 1.165) is 65.7 Å². The first-order valence-corrected chi connectivity index (χ1v) is 12.1. The molecule has 1 unspecified atom stereocenters. The smallest absolute Gasteiger partial charge is 0.158 e. The highest BCUT2D eigenvalue weighted by Gasteiger charge is 2.37. The summed E-state index contributed by atoms with van der Waals surface area (Å²) in [7, 11) is 0. The lowest BCUT2D eigenvalue weighted by Gasteiger charge is -2.45. The SMILES string of the molecule is Cc1cc(N2CCCC3(CCCNC3)C2)nn2c(-c3ccncc3)c(-c3ccc(F)cc3)nc12. The predicted octanol–water partition coefficient (Wildman–Crippen LogP) is 4.88. The van der Waals surface area contributed by atoms with Gasteiger partial charge in [0.25, 0.3) is 0 Å². The summed E-state index contributed by atoms with van der Waals surface area (Å²) < 4.78 is 15.6. The molecule has 1 spiro atoms. The standard InChI is InChI=1S/C27H29FN6/c1-19-16-23(33-15-3-11-27(18-33)10-2-12-30-17-27)32-34-25(21-8-13-29-14-9-21)24(31-26(19)34)20-4-6-22(28)7-5-20/h4-9,13-14,16,30H,2-3,10-12,15,17-18H2,1H3. The fraction of sp³-hybridized carbons (Fsp3) is 0.370. The lowest BCUT2D eigenvalue weighted by molar-refractivity contribution is 0.172. The van der Waals surface area contributed by atoms with Crippen molar-refractivity contribution >= 4 is 11.5 Å². The molecular weight excluding hydrogens is 427 g/mol. The van der Waals surface area contributed by atoms with E-state index in [1.807, 2.05) is 16.6 Å². The number of fused-ring (bicyclic) bond motifs is 1. The number of anilines is 1. The second kappa shape index (κ2) is 8.47. The van der Waals surface area contributed by atoms with Crippen molar-refractivity contribution in [2.75, 3.05) is 31.1 Å². The number of hydrogen-bond acceptors (Lipinski definition) is 5. The summed E-state index contributed by atoms with van der Waals surface area (Å²) >= 11 is 0. The third-order valence-electron chi connectivity index (χ3n) is 7.37. The van der Waals surface area contributed by atoms with Crippen LogP contribution in [0.15, 0.2) is 54.9 Å². The minimum Gasteiger partial charge on any atom is -0.355 e. The number of piperidine rings is 2. The van der Waals surface area contributed by atoms with Gasteiger partial charge in [0.05, 0.1) is 5.69 Å². The highest BCUT2D eigenvalue weighted by atomic mass is 19.1. The number of imidazole rings is 1. The van der Waals surface area contributed by atoms with Gasteiger partial charge >= 0.3 is 0 Å². The van der Waals surface area contributed by atoms with E-state index >= 15 is 0 Å². The molecule has 0 amide bonds. The number of aromatic nitrogens is 4. The van der Waals surface area contributed by atoms with Crippen molar-refractivity contribution in [1.29, 1.82) is 0 Å². The summed E-state index contributed by atoms with van der Waals surface area (Å²) in [6.45, 7) is 6.36. The van der Waals surface area contributed by atoms with E-state index in [2.05, 4.69) is 28.2 Å². The predicted molar refractivity (Wildman–Crippen MR) is 132 cm³/mol. The van der Waals surface area contributed by atoms with Crippen molar-refractivity contribution in [1.82, 2.24) is 24.9 Å². The second-order valence-corrected chi connectivity index (χ2v) is 9.78. The van der Waals surface area contributed by atoms with E-state index in [4.69, 9.17) is 10.1 Å². The average molecular weight is 457 g/mol. The average Bonchev–Trinajstić information content (AvgIpc) is 3.26. The number of aryl methyl sites for hydroxylation is 1. The fourth-order valence-electron chi connectivity index (χ4n) is 5.67. The number of hydrogen-bond donors (Lipinski definition) is 1. The van der Waals surface area contributed by atoms with E-state index in [0.29, 0.717) is 5.41 Å². The molecule has 5 heterocycles. The van der Waals surface area contributed by atoms with Crippen LogP contribution in [0, 0.1) is 18.2 Å². The number of benzene rings is 1. The molecule has 1 atom stereocenters. The first-order chi connectivity index (χ1) is 16.6. The quantitative estimate of drug-likeness (QED) is 0.476. The Morgan fingerprint density at radius 1 is 1.00 bits per heavy atom. The van der Waals surface area contributed by atoms with Crippen LogP contribution in [0.5, 0.6) is 0 Å². The van der Waals surface area contributed by atoms with Gasteiger partial charge in [0, 0.05) is 48.6 Å². The van der Waals surface area contributed by atoms with Crippen LogP contribution in [-0.4, -0.2) is 45.8 Å². The van der Waals surface area contributed by atoms with Gasteiger partial charge in [-0.15, -0.1) is 5.10 Å². The van der Waals surface area contributed by atoms with Gasteiger partial charge < -0.3 is 10.2 Å². The Morgan fingerprint density at radius 2 is 1.79 bits per heavy atom. The first-order valence-electron chi connectivity index (χ1n) is 12.1. The molecule has 7 heteroatoms. The van der Waals surface area contributed by atoms with Crippen LogP contribution < -0.4 is 10.2 Å². The van der Waals surface area contributed by atoms with Crippen molar-refractivity contribution in [3.05, 3.63) is 66.2 Å². The summed E-state index contributed by atoms with van der Waals surface area (Å²) in [6, 6.07) is 12.6. The number of nitrogens with one attached hydrogen (secondary N) is 1. The van der Waals surface area contributed by atoms with Gasteiger partial charge in [-0.05, 0) is 87.2 Å². The van der Waals surface area contributed by atoms with E-state index in [1.165, 1.54) is 37.8 Å². The Bertz CT molecular complexity index is 1300. The van der Waals surface area contributed by atoms with E-state index < -0.39 is 0 Å². The molecule has 0 radical (unpaired) electrons. The van der Waals surface area contributed by atoms with Gasteiger partial charge in [-0.1, -0.05) is 0 Å². The second-order valence-electron chi connectivity index (χ2n) is 9.78. The normalized spacial score (nSPS) is 20.8. The highest BCUT2D eigenvalue weighted by molar-refractivity contribution is 5.82. The molecule has 6 rings (SSSR count). The fourth-order valence-corrected chi connectivity index (χ4v) is 5.67. The van der Waals surface area contributed by atoms with Gasteiger partial charge in [-0.3, -0.25) is 4.98 Å². The van der Waals surface area contributed by atoms with Gasteiger partial charge in [-0.2, -0.15) is 0 Å². The molecule has 0 bridgehead atoms. The number of halogens is 1. The van der Waals surface area contributed by atoms with Gasteiger partial charge in [-0.25, -0.2) is 13.9 Å². The largest absolute Gasteiger partial charge is 0.355 e. The first kappa shape index (κ1) is 21.2. The number of pyridine rings is 1. The van der Waals surface area contributed by atoms with Crippen molar-refractivity contribution in [2.24, 2.45) is 5.41 Å². The van der Waals surface area contributed by atoms with Crippen LogP contribution in [0.4, 0.5) is 10.2 Å². The van der Waals surface area contributed by atoms with Crippen molar-refractivity contribution in [3.63, 3.8) is 0 Å². The molecule has 4 aromatic rings. The molecule has 2 saturated heterocycles. The molecule has 6 nitrogen and oxygen atoms in total. The van der Waals surface area contributed by atoms with E-state index in [9.17, 15) is 4.39 Å². The van der Waals surface area contributed by atoms with E-state index in [1.54, 1.807) is 24.5 Å². The van der Waals surface area contributed by atoms with Crippen molar-refractivity contribution < 1.29 is 4.39 Å². The molecule has 2 aliphatic heterocycles. The van der Waals surface area contributed by atoms with Crippen molar-refractivity contribution in [3.8, 4) is 22.5 Å². The Balaban J connectivity index is 1.49. The maximum absolute atomic E-state index is 13.6. The number of nitrogens with zero attached hydrogens (tertiary/aromatic N) is 5. The topological polar surface area (TPSA) is 58.4 Å². The molecule has 2 fully saturated rings. The van der Waals surface area contributed by atoms with E-state index in [-0.39, 0.29) is 5.82 Å². The van der Waals surface area contributed by atoms with Crippen LogP contribution in [-0.2, 0) is 0 Å². The lowest BCUT2D eigenvalue weighted by atomic mass is 9.74. The molecule has 0 saturated carbocycles. The van der Waals surface area contributed by atoms with Gasteiger partial charge in [0.15, 0.2) is 5.65 Å². The molecule has 0 aliphatic carbocycles. The molecule has 1 N–H and O–H groups in total. The van der Waals surface area contributed by atoms with Crippen LogP contribution in [0.3, 0.4) is 0 Å². The monoisotopic (exact) mass is 456 g/mol. The third-order valence-corrected chi connectivity index (χ3v) is 7.37. The lowest BCUT2D eigenvalue weighted by Crippen LogP contribution is -2.51. The Labute approximate surface area is 198 Å². The summed E-state index contributed by atoms with van der Waals surface area (Å²) in [4.78, 5) is 11.6. The zero-order valence-electron chi connectivity index (χ0n) is 19.5. The number of rotatable bonds is 3. The summed E-state index contributed by atoms with van der Waals surface area (Å²) in [5.41, 5.74) is 5.78. The molecule has 34 heavy (non-hydrogen) atoms. The summed E-state index contributed by atoms with van der Waals surface area (Å²) in [5.74, 6) is 0.735. The molecule has 2 aliphatic rings. The maximum atomic E-state index is 13.6. The third kappa shape index (κ3) is 3.74. The summed E-state index contributed by atoms with van der Waals surface area (Å²) in [6.07, 6.45) is 8.55. The zero-order valence-corrected chi connectivity index (χ0v) is 19.5.